The molecule has 0 bridgehead atoms. The van der Waals surface area contributed by atoms with Crippen LogP contribution in [0.15, 0.2) is 0 Å². The van der Waals surface area contributed by atoms with Crippen LogP contribution in [0.1, 0.15) is 65.2 Å². The Hall–Kier alpha value is -1.26. The fourth-order valence-corrected chi connectivity index (χ4v) is 2.84. The predicted octanol–water partition coefficient (Wildman–Crippen LogP) is 3.24. The van der Waals surface area contributed by atoms with Crippen LogP contribution in [0.3, 0.4) is 0 Å². The van der Waals surface area contributed by atoms with Crippen LogP contribution in [0.5, 0.6) is 0 Å². The van der Waals surface area contributed by atoms with Gasteiger partial charge in [-0.2, -0.15) is 0 Å². The molecule has 1 rings (SSSR count). The summed E-state index contributed by atoms with van der Waals surface area (Å²) >= 11 is 0. The highest BCUT2D eigenvalue weighted by Gasteiger charge is 2.29. The van der Waals surface area contributed by atoms with E-state index in [4.69, 9.17) is 5.11 Å². The topological polar surface area (TPSA) is 69.6 Å². The van der Waals surface area contributed by atoms with Gasteiger partial charge in [-0.15, -0.1) is 0 Å². The van der Waals surface area contributed by atoms with Crippen molar-refractivity contribution in [3.05, 3.63) is 0 Å². The van der Waals surface area contributed by atoms with Crippen molar-refractivity contribution >= 4 is 12.0 Å². The van der Waals surface area contributed by atoms with Gasteiger partial charge < -0.3 is 15.3 Å². The molecule has 2 amide bonds. The highest BCUT2D eigenvalue weighted by Crippen LogP contribution is 2.20. The van der Waals surface area contributed by atoms with E-state index in [-0.39, 0.29) is 18.5 Å². The van der Waals surface area contributed by atoms with Crippen LogP contribution in [0, 0.1) is 5.92 Å². The van der Waals surface area contributed by atoms with Gasteiger partial charge in [-0.3, -0.25) is 4.79 Å². The third-order valence-electron chi connectivity index (χ3n) is 4.03. The average molecular weight is 298 g/mol. The monoisotopic (exact) mass is 298 g/mol. The number of carbonyl (C=O) groups is 2. The van der Waals surface area contributed by atoms with Crippen LogP contribution >= 0.6 is 0 Å². The Kier molecular flexibility index (Phi) is 8.16. The quantitative estimate of drug-likeness (QED) is 0.642. The number of rotatable bonds is 9. The molecule has 5 nitrogen and oxygen atoms in total. The molecule has 1 fully saturated rings. The summed E-state index contributed by atoms with van der Waals surface area (Å²) in [6, 6.07) is -0.227. The number of carboxylic acids is 1. The van der Waals surface area contributed by atoms with Crippen LogP contribution in [0.2, 0.25) is 0 Å². The standard InChI is InChI=1S/C16H30N2O3/c1-13(2)8-5-3-4-6-10-17-16(21)18-11-7-9-14(18)12-15(19)20/h13-14H,3-12H2,1-2H3,(H,17,21)(H,19,20). The van der Waals surface area contributed by atoms with Gasteiger partial charge in [-0.1, -0.05) is 39.5 Å². The summed E-state index contributed by atoms with van der Waals surface area (Å²) in [5.74, 6) is -0.0594. The maximum atomic E-state index is 12.0. The summed E-state index contributed by atoms with van der Waals surface area (Å²) < 4.78 is 0. The average Bonchev–Trinajstić information content (AvgIpc) is 2.84. The lowest BCUT2D eigenvalue weighted by Crippen LogP contribution is -2.43. The molecule has 5 heteroatoms. The summed E-state index contributed by atoms with van der Waals surface area (Å²) in [6.45, 7) is 5.85. The van der Waals surface area contributed by atoms with Crippen LogP contribution < -0.4 is 5.32 Å². The van der Waals surface area contributed by atoms with Crippen LogP contribution in [0.4, 0.5) is 4.79 Å². The van der Waals surface area contributed by atoms with E-state index in [2.05, 4.69) is 19.2 Å². The Balaban J connectivity index is 2.11. The molecular weight excluding hydrogens is 268 g/mol. The Morgan fingerprint density at radius 1 is 1.24 bits per heavy atom. The first-order valence-electron chi connectivity index (χ1n) is 8.27. The molecule has 1 heterocycles. The number of urea groups is 1. The van der Waals surface area contributed by atoms with Crippen LogP contribution in [-0.4, -0.2) is 41.1 Å². The van der Waals surface area contributed by atoms with Gasteiger partial charge in [0.25, 0.3) is 0 Å². The lowest BCUT2D eigenvalue weighted by atomic mass is 10.0. The van der Waals surface area contributed by atoms with E-state index in [0.717, 1.165) is 31.6 Å². The second kappa shape index (κ2) is 9.64. The largest absolute Gasteiger partial charge is 0.481 e. The summed E-state index contributed by atoms with van der Waals surface area (Å²) in [5.41, 5.74) is 0. The Morgan fingerprint density at radius 3 is 2.62 bits per heavy atom. The van der Waals surface area contributed by atoms with Crippen LogP contribution in [-0.2, 0) is 4.79 Å². The highest BCUT2D eigenvalue weighted by molar-refractivity contribution is 5.76. The Morgan fingerprint density at radius 2 is 1.95 bits per heavy atom. The first-order valence-corrected chi connectivity index (χ1v) is 8.27. The maximum Gasteiger partial charge on any atom is 0.317 e. The Labute approximate surface area is 128 Å². The van der Waals surface area contributed by atoms with E-state index < -0.39 is 5.97 Å². The number of nitrogens with zero attached hydrogens (tertiary/aromatic N) is 1. The van der Waals surface area contributed by atoms with Gasteiger partial charge in [0.2, 0.25) is 0 Å². The molecule has 0 aromatic carbocycles. The zero-order chi connectivity index (χ0) is 15.7. The van der Waals surface area contributed by atoms with E-state index in [0.29, 0.717) is 13.1 Å². The minimum atomic E-state index is -0.829. The van der Waals surface area contributed by atoms with Gasteiger partial charge in [0.15, 0.2) is 0 Å². The van der Waals surface area contributed by atoms with Gasteiger partial charge >= 0.3 is 12.0 Å². The molecule has 0 aromatic rings. The molecule has 21 heavy (non-hydrogen) atoms. The molecule has 0 aromatic heterocycles. The third-order valence-corrected chi connectivity index (χ3v) is 4.03. The summed E-state index contributed by atoms with van der Waals surface area (Å²) in [5, 5.41) is 11.8. The molecule has 1 saturated heterocycles. The second-order valence-electron chi connectivity index (χ2n) is 6.42. The van der Waals surface area contributed by atoms with Crippen molar-refractivity contribution in [1.29, 1.82) is 0 Å². The number of carboxylic acid groups (broad SMARTS) is 1. The van der Waals surface area contributed by atoms with E-state index in [1.807, 2.05) is 0 Å². The van der Waals surface area contributed by atoms with Crippen molar-refractivity contribution in [2.45, 2.75) is 71.3 Å². The van der Waals surface area contributed by atoms with Gasteiger partial charge in [0, 0.05) is 19.1 Å². The maximum absolute atomic E-state index is 12.0. The number of amides is 2. The predicted molar refractivity (Wildman–Crippen MR) is 83.3 cm³/mol. The first kappa shape index (κ1) is 17.8. The molecule has 0 aliphatic carbocycles. The lowest BCUT2D eigenvalue weighted by molar-refractivity contribution is -0.137. The molecule has 1 aliphatic rings. The number of hydrogen-bond acceptors (Lipinski definition) is 2. The molecule has 1 aliphatic heterocycles. The van der Waals surface area contributed by atoms with Crippen molar-refractivity contribution < 1.29 is 14.7 Å². The van der Waals surface area contributed by atoms with Crippen molar-refractivity contribution in [2.24, 2.45) is 5.92 Å². The fraction of sp³-hybridized carbons (Fsp3) is 0.875. The minimum absolute atomic E-state index is 0.0582. The molecule has 122 valence electrons. The Bertz CT molecular complexity index is 331. The van der Waals surface area contributed by atoms with E-state index in [9.17, 15) is 9.59 Å². The van der Waals surface area contributed by atoms with Crippen LogP contribution in [0.25, 0.3) is 0 Å². The minimum Gasteiger partial charge on any atom is -0.481 e. The molecule has 0 saturated carbocycles. The van der Waals surface area contributed by atoms with Crippen molar-refractivity contribution in [3.63, 3.8) is 0 Å². The van der Waals surface area contributed by atoms with E-state index in [1.54, 1.807) is 4.90 Å². The molecule has 1 atom stereocenters. The number of aliphatic carboxylic acids is 1. The zero-order valence-corrected chi connectivity index (χ0v) is 13.4. The zero-order valence-electron chi connectivity index (χ0n) is 13.4. The highest BCUT2D eigenvalue weighted by atomic mass is 16.4. The molecule has 0 radical (unpaired) electrons. The van der Waals surface area contributed by atoms with Gasteiger partial charge in [-0.05, 0) is 25.2 Å². The number of likely N-dealkylation sites (tertiary alicyclic amines) is 1. The fourth-order valence-electron chi connectivity index (χ4n) is 2.84. The normalized spacial score (nSPS) is 18.2. The molecule has 1 unspecified atom stereocenters. The van der Waals surface area contributed by atoms with Gasteiger partial charge in [-0.25, -0.2) is 4.79 Å². The summed E-state index contributed by atoms with van der Waals surface area (Å²) in [4.78, 5) is 24.5. The molecule has 0 spiro atoms. The van der Waals surface area contributed by atoms with Gasteiger partial charge in [0.05, 0.1) is 6.42 Å². The number of unbranched alkanes of at least 4 members (excludes halogenated alkanes) is 3. The van der Waals surface area contributed by atoms with Crippen molar-refractivity contribution in [2.75, 3.05) is 13.1 Å². The number of hydrogen-bond donors (Lipinski definition) is 2. The number of carbonyl (C=O) groups excluding carboxylic acids is 1. The van der Waals surface area contributed by atoms with Gasteiger partial charge in [0.1, 0.15) is 0 Å². The molecule has 2 N–H and O–H groups in total. The lowest BCUT2D eigenvalue weighted by Gasteiger charge is -2.23. The number of nitrogens with one attached hydrogen (secondary N) is 1. The summed E-state index contributed by atoms with van der Waals surface area (Å²) in [7, 11) is 0. The smallest absolute Gasteiger partial charge is 0.317 e. The van der Waals surface area contributed by atoms with Crippen molar-refractivity contribution in [3.8, 4) is 0 Å². The second-order valence-corrected chi connectivity index (χ2v) is 6.42. The third kappa shape index (κ3) is 7.34. The van der Waals surface area contributed by atoms with E-state index >= 15 is 0 Å². The van der Waals surface area contributed by atoms with Crippen molar-refractivity contribution in [1.82, 2.24) is 10.2 Å². The van der Waals surface area contributed by atoms with E-state index in [1.165, 1.54) is 19.3 Å². The molecular formula is C16H30N2O3. The summed E-state index contributed by atoms with van der Waals surface area (Å²) in [6.07, 6.45) is 7.67. The SMILES string of the molecule is CC(C)CCCCCCNC(=O)N1CCCC1CC(=O)O. The first-order chi connectivity index (χ1) is 10.0.